The van der Waals surface area contributed by atoms with Gasteiger partial charge in [0.25, 0.3) is 5.91 Å². The van der Waals surface area contributed by atoms with Crippen LogP contribution in [0, 0.1) is 13.8 Å². The Kier molecular flexibility index (Phi) is 4.32. The van der Waals surface area contributed by atoms with Crippen LogP contribution in [0.15, 0.2) is 47.4 Å². The smallest absolute Gasteiger partial charge is 0.339 e. The van der Waals surface area contributed by atoms with E-state index in [1.54, 1.807) is 36.1 Å². The molecule has 24 heavy (non-hydrogen) atoms. The van der Waals surface area contributed by atoms with Crippen LogP contribution in [0.25, 0.3) is 0 Å². The van der Waals surface area contributed by atoms with Gasteiger partial charge in [0, 0.05) is 18.7 Å². The highest BCUT2D eigenvalue weighted by Gasteiger charge is 2.22. The largest absolute Gasteiger partial charge is 0.379 e. The molecule has 1 saturated heterocycles. The summed E-state index contributed by atoms with van der Waals surface area (Å²) in [4.78, 5) is 14.0. The van der Waals surface area contributed by atoms with Gasteiger partial charge in [-0.15, -0.1) is 0 Å². The molecule has 5 nitrogen and oxygen atoms in total. The van der Waals surface area contributed by atoms with Crippen molar-refractivity contribution in [1.82, 2.24) is 4.90 Å². The molecule has 126 valence electrons. The summed E-state index contributed by atoms with van der Waals surface area (Å²) in [5.74, 6) is 0.154. The van der Waals surface area contributed by atoms with Crippen molar-refractivity contribution in [1.29, 1.82) is 0 Å². The standard InChI is InChI=1S/C18H19NO4S/c1-13-4-5-14(2)17(12-13)24(21,22)23-16-8-6-15(7-9-16)18(20)19-10-3-11-19/h4-9,12H,3,10-11H2,1-2H3. The highest BCUT2D eigenvalue weighted by molar-refractivity contribution is 7.87. The van der Waals surface area contributed by atoms with Crippen molar-refractivity contribution >= 4 is 16.0 Å². The summed E-state index contributed by atoms with van der Waals surface area (Å²) in [6.45, 7) is 5.11. The van der Waals surface area contributed by atoms with Gasteiger partial charge >= 0.3 is 10.1 Å². The molecule has 0 radical (unpaired) electrons. The first-order chi connectivity index (χ1) is 11.4. The normalized spacial score (nSPS) is 14.2. The molecular formula is C18H19NO4S. The van der Waals surface area contributed by atoms with Crippen LogP contribution in [-0.2, 0) is 10.1 Å². The summed E-state index contributed by atoms with van der Waals surface area (Å²) < 4.78 is 30.1. The second-order valence-electron chi connectivity index (χ2n) is 5.98. The lowest BCUT2D eigenvalue weighted by atomic mass is 10.1. The minimum atomic E-state index is -3.90. The SMILES string of the molecule is Cc1ccc(C)c(S(=O)(=O)Oc2ccc(C(=O)N3CCC3)cc2)c1. The van der Waals surface area contributed by atoms with Gasteiger partial charge in [0.05, 0.1) is 0 Å². The molecule has 0 N–H and O–H groups in total. The molecule has 1 heterocycles. The van der Waals surface area contributed by atoms with E-state index in [1.807, 2.05) is 13.0 Å². The van der Waals surface area contributed by atoms with Crippen LogP contribution in [0.5, 0.6) is 5.75 Å². The maximum atomic E-state index is 12.5. The molecule has 1 amide bonds. The summed E-state index contributed by atoms with van der Waals surface area (Å²) in [6, 6.07) is 11.4. The third-order valence-corrected chi connectivity index (χ3v) is 5.45. The third kappa shape index (κ3) is 3.28. The Morgan fingerprint density at radius 1 is 1.04 bits per heavy atom. The van der Waals surface area contributed by atoms with E-state index in [0.29, 0.717) is 11.1 Å². The Morgan fingerprint density at radius 3 is 2.29 bits per heavy atom. The van der Waals surface area contributed by atoms with E-state index >= 15 is 0 Å². The number of hydrogen-bond donors (Lipinski definition) is 0. The van der Waals surface area contributed by atoms with Gasteiger partial charge in [-0.1, -0.05) is 12.1 Å². The molecule has 1 fully saturated rings. The van der Waals surface area contributed by atoms with Gasteiger partial charge in [0.2, 0.25) is 0 Å². The maximum Gasteiger partial charge on any atom is 0.339 e. The molecule has 1 aliphatic rings. The minimum Gasteiger partial charge on any atom is -0.379 e. The number of aryl methyl sites for hydroxylation is 2. The van der Waals surface area contributed by atoms with Crippen LogP contribution in [-0.4, -0.2) is 32.3 Å². The molecule has 0 aliphatic carbocycles. The number of carbonyl (C=O) groups is 1. The fourth-order valence-electron chi connectivity index (χ4n) is 2.50. The lowest BCUT2D eigenvalue weighted by Crippen LogP contribution is -2.41. The van der Waals surface area contributed by atoms with Gasteiger partial charge in [0.1, 0.15) is 10.6 Å². The molecule has 0 unspecified atom stereocenters. The van der Waals surface area contributed by atoms with E-state index in [4.69, 9.17) is 4.18 Å². The molecule has 3 rings (SSSR count). The first kappa shape index (κ1) is 16.5. The second kappa shape index (κ2) is 6.28. The van der Waals surface area contributed by atoms with Gasteiger partial charge in [-0.25, -0.2) is 0 Å². The van der Waals surface area contributed by atoms with Gasteiger partial charge < -0.3 is 9.08 Å². The highest BCUT2D eigenvalue weighted by atomic mass is 32.2. The summed E-state index contributed by atoms with van der Waals surface area (Å²) in [5.41, 5.74) is 2.01. The number of hydrogen-bond acceptors (Lipinski definition) is 4. The molecule has 0 atom stereocenters. The van der Waals surface area contributed by atoms with Crippen molar-refractivity contribution in [3.05, 3.63) is 59.2 Å². The Bertz CT molecular complexity index is 868. The number of rotatable bonds is 4. The third-order valence-electron chi connectivity index (χ3n) is 4.06. The molecule has 2 aromatic carbocycles. The number of amides is 1. The van der Waals surface area contributed by atoms with Crippen LogP contribution in [0.3, 0.4) is 0 Å². The fraction of sp³-hybridized carbons (Fsp3) is 0.278. The molecular weight excluding hydrogens is 326 g/mol. The number of likely N-dealkylation sites (tertiary alicyclic amines) is 1. The predicted molar refractivity (Wildman–Crippen MR) is 90.7 cm³/mol. The van der Waals surface area contributed by atoms with Gasteiger partial charge in [-0.3, -0.25) is 4.79 Å². The number of nitrogens with zero attached hydrogens (tertiary/aromatic N) is 1. The Morgan fingerprint density at radius 2 is 1.71 bits per heavy atom. The van der Waals surface area contributed by atoms with E-state index in [-0.39, 0.29) is 16.6 Å². The predicted octanol–water partition coefficient (Wildman–Crippen LogP) is 2.92. The zero-order valence-electron chi connectivity index (χ0n) is 13.7. The van der Waals surface area contributed by atoms with Crippen molar-refractivity contribution in [2.45, 2.75) is 25.2 Å². The first-order valence-corrected chi connectivity index (χ1v) is 9.19. The fourth-order valence-corrected chi connectivity index (χ4v) is 3.75. The van der Waals surface area contributed by atoms with Gasteiger partial charge in [-0.05, 0) is 61.7 Å². The molecule has 0 saturated carbocycles. The second-order valence-corrected chi connectivity index (χ2v) is 7.49. The Hall–Kier alpha value is -2.34. The maximum absolute atomic E-state index is 12.5. The lowest BCUT2D eigenvalue weighted by Gasteiger charge is -2.30. The van der Waals surface area contributed by atoms with Crippen LogP contribution in [0.2, 0.25) is 0 Å². The van der Waals surface area contributed by atoms with Crippen molar-refractivity contribution in [2.75, 3.05) is 13.1 Å². The summed E-state index contributed by atoms with van der Waals surface area (Å²) in [6.07, 6.45) is 1.03. The van der Waals surface area contributed by atoms with Gasteiger partial charge in [-0.2, -0.15) is 8.42 Å². The molecule has 6 heteroatoms. The molecule has 0 spiro atoms. The van der Waals surface area contributed by atoms with Crippen LogP contribution < -0.4 is 4.18 Å². The Labute approximate surface area is 142 Å². The molecule has 0 bridgehead atoms. The highest BCUT2D eigenvalue weighted by Crippen LogP contribution is 2.23. The van der Waals surface area contributed by atoms with Gasteiger partial charge in [0.15, 0.2) is 0 Å². The summed E-state index contributed by atoms with van der Waals surface area (Å²) in [5, 5.41) is 0. The zero-order valence-corrected chi connectivity index (χ0v) is 14.5. The van der Waals surface area contributed by atoms with Crippen molar-refractivity contribution in [3.63, 3.8) is 0 Å². The van der Waals surface area contributed by atoms with Crippen LogP contribution >= 0.6 is 0 Å². The minimum absolute atomic E-state index is 0.0369. The summed E-state index contributed by atoms with van der Waals surface area (Å²) >= 11 is 0. The monoisotopic (exact) mass is 345 g/mol. The topological polar surface area (TPSA) is 63.7 Å². The van der Waals surface area contributed by atoms with Crippen molar-refractivity contribution in [2.24, 2.45) is 0 Å². The Balaban J connectivity index is 1.80. The summed E-state index contributed by atoms with van der Waals surface area (Å²) in [7, 11) is -3.90. The van der Waals surface area contributed by atoms with Crippen molar-refractivity contribution < 1.29 is 17.4 Å². The number of carbonyl (C=O) groups excluding carboxylic acids is 1. The molecule has 1 aliphatic heterocycles. The lowest BCUT2D eigenvalue weighted by molar-refractivity contribution is 0.0652. The average molecular weight is 345 g/mol. The van der Waals surface area contributed by atoms with E-state index in [9.17, 15) is 13.2 Å². The van der Waals surface area contributed by atoms with Crippen molar-refractivity contribution in [3.8, 4) is 5.75 Å². The van der Waals surface area contributed by atoms with E-state index < -0.39 is 10.1 Å². The van der Waals surface area contributed by atoms with Crippen LogP contribution in [0.4, 0.5) is 0 Å². The zero-order chi connectivity index (χ0) is 17.3. The molecule has 2 aromatic rings. The van der Waals surface area contributed by atoms with E-state index in [2.05, 4.69) is 0 Å². The average Bonchev–Trinajstić information content (AvgIpc) is 2.48. The van der Waals surface area contributed by atoms with E-state index in [1.165, 1.54) is 12.1 Å². The molecule has 0 aromatic heterocycles. The van der Waals surface area contributed by atoms with Crippen LogP contribution in [0.1, 0.15) is 27.9 Å². The number of benzene rings is 2. The first-order valence-electron chi connectivity index (χ1n) is 7.78. The quantitative estimate of drug-likeness (QED) is 0.799. The van der Waals surface area contributed by atoms with E-state index in [0.717, 1.165) is 25.1 Å².